The Morgan fingerprint density at radius 3 is 2.40 bits per heavy atom. The van der Waals surface area contributed by atoms with Crippen molar-refractivity contribution in [2.24, 2.45) is 0 Å². The van der Waals surface area contributed by atoms with Crippen LogP contribution in [0.15, 0.2) is 36.6 Å². The molecule has 0 saturated carbocycles. The normalized spacial score (nSPS) is 14.0. The Morgan fingerprint density at radius 1 is 1.13 bits per heavy atom. The van der Waals surface area contributed by atoms with E-state index in [1.54, 1.807) is 6.92 Å². The Balaban J connectivity index is 0.00000141. The van der Waals surface area contributed by atoms with Gasteiger partial charge >= 0.3 is 35.9 Å². The van der Waals surface area contributed by atoms with Gasteiger partial charge in [0.05, 0.1) is 18.9 Å². The van der Waals surface area contributed by atoms with Gasteiger partial charge < -0.3 is 29.2 Å². The molecule has 12 heteroatoms. The van der Waals surface area contributed by atoms with Crippen molar-refractivity contribution in [2.45, 2.75) is 19.8 Å². The highest BCUT2D eigenvalue weighted by Gasteiger charge is 2.16. The molecule has 1 aliphatic rings. The molecule has 0 radical (unpaired) electrons. The van der Waals surface area contributed by atoms with Crippen LogP contribution < -0.4 is 14.2 Å². The number of hydrogen-bond acceptors (Lipinski definition) is 12. The minimum atomic E-state index is -0.869. The van der Waals surface area contributed by atoms with Crippen LogP contribution in [0.25, 0.3) is 0 Å². The molecule has 2 heterocycles. The molecule has 12 nitrogen and oxygen atoms in total. The second kappa shape index (κ2) is 14.4. The van der Waals surface area contributed by atoms with E-state index in [0.717, 1.165) is 24.5 Å². The fourth-order valence-electron chi connectivity index (χ4n) is 1.57. The predicted molar refractivity (Wildman–Crippen MR) is 99.2 cm³/mol. The van der Waals surface area contributed by atoms with Crippen LogP contribution in [0.3, 0.4) is 0 Å². The van der Waals surface area contributed by atoms with Crippen LogP contribution in [-0.4, -0.2) is 62.9 Å². The van der Waals surface area contributed by atoms with Gasteiger partial charge in [0.15, 0.2) is 0 Å². The largest absolute Gasteiger partial charge is 0.501 e. The molecule has 2 bridgehead atoms. The number of carbonyl (C=O) groups excluding carboxylic acids is 3. The first-order valence-electron chi connectivity index (χ1n) is 8.73. The lowest BCUT2D eigenvalue weighted by Crippen LogP contribution is -2.14. The zero-order valence-electron chi connectivity index (χ0n) is 16.1. The van der Waals surface area contributed by atoms with E-state index in [1.807, 2.05) is 0 Å². The average molecular weight is 423 g/mol. The summed E-state index contributed by atoms with van der Waals surface area (Å²) in [7, 11) is 0. The molecule has 2 N–H and O–H groups in total. The van der Waals surface area contributed by atoms with Gasteiger partial charge in [0.2, 0.25) is 0 Å². The molecule has 30 heavy (non-hydrogen) atoms. The molecule has 0 saturated heterocycles. The Hall–Kier alpha value is -3.64. The number of rotatable bonds is 4. The lowest BCUT2D eigenvalue weighted by atomic mass is 10.4. The zero-order chi connectivity index (χ0) is 22.2. The number of nitrogens with zero attached hydrogens (tertiary/aromatic N) is 3. The Labute approximate surface area is 171 Å². The molecule has 0 fully saturated rings. The van der Waals surface area contributed by atoms with Gasteiger partial charge in [-0.25, -0.2) is 14.4 Å². The van der Waals surface area contributed by atoms with E-state index >= 15 is 0 Å². The van der Waals surface area contributed by atoms with Gasteiger partial charge in [0.25, 0.3) is 0 Å². The Bertz CT molecular complexity index is 760. The Morgan fingerprint density at radius 2 is 1.77 bits per heavy atom. The molecule has 0 aliphatic carbocycles. The van der Waals surface area contributed by atoms with Crippen LogP contribution >= 0.6 is 0 Å². The van der Waals surface area contributed by atoms with Gasteiger partial charge in [0, 0.05) is 25.4 Å². The molecule has 1 aliphatic heterocycles. The molecule has 1 aromatic heterocycles. The molecule has 162 valence electrons. The molecular formula is C18H21N3O9. The van der Waals surface area contributed by atoms with Crippen molar-refractivity contribution >= 4 is 17.9 Å². The minimum Gasteiger partial charge on any atom is -0.501 e. The van der Waals surface area contributed by atoms with E-state index in [1.165, 1.54) is 12.2 Å². The number of aromatic nitrogens is 3. The fourth-order valence-corrected chi connectivity index (χ4v) is 1.57. The van der Waals surface area contributed by atoms with Gasteiger partial charge in [-0.2, -0.15) is 0 Å². The highest BCUT2D eigenvalue weighted by Crippen LogP contribution is 2.16. The van der Waals surface area contributed by atoms with Gasteiger partial charge in [-0.05, 0) is 19.8 Å². The molecule has 1 aromatic rings. The van der Waals surface area contributed by atoms with Crippen molar-refractivity contribution in [3.05, 3.63) is 36.6 Å². The first kappa shape index (κ1) is 24.4. The third kappa shape index (κ3) is 10.6. The molecule has 2 rings (SSSR count). The van der Waals surface area contributed by atoms with E-state index in [2.05, 4.69) is 15.0 Å². The third-order valence-electron chi connectivity index (χ3n) is 2.66. The summed E-state index contributed by atoms with van der Waals surface area (Å²) in [5, 5.41) is 16.2. The zero-order valence-corrected chi connectivity index (χ0v) is 16.1. The van der Waals surface area contributed by atoms with Crippen LogP contribution in [-0.2, 0) is 19.1 Å². The highest BCUT2D eigenvalue weighted by atomic mass is 16.6. The first-order chi connectivity index (χ1) is 14.5. The topological polar surface area (TPSA) is 167 Å². The molecular weight excluding hydrogens is 402 g/mol. The summed E-state index contributed by atoms with van der Waals surface area (Å²) in [5.74, 6) is -2.52. The molecule has 0 unspecified atom stereocenters. The van der Waals surface area contributed by atoms with Crippen molar-refractivity contribution in [1.29, 1.82) is 0 Å². The van der Waals surface area contributed by atoms with Crippen molar-refractivity contribution in [3.63, 3.8) is 0 Å². The van der Waals surface area contributed by atoms with Crippen LogP contribution in [0.1, 0.15) is 19.8 Å². The van der Waals surface area contributed by atoms with Crippen molar-refractivity contribution in [3.8, 4) is 18.0 Å². The summed E-state index contributed by atoms with van der Waals surface area (Å²) in [6, 6.07) is -1.63. The van der Waals surface area contributed by atoms with Gasteiger partial charge in [-0.3, -0.25) is 0 Å². The Kier molecular flexibility index (Phi) is 11.7. The van der Waals surface area contributed by atoms with Gasteiger partial charge in [-0.15, -0.1) is 15.0 Å². The van der Waals surface area contributed by atoms with Crippen molar-refractivity contribution in [1.82, 2.24) is 15.0 Å². The second-order valence-corrected chi connectivity index (χ2v) is 5.04. The minimum absolute atomic E-state index is 0.138. The summed E-state index contributed by atoms with van der Waals surface area (Å²) in [6.45, 7) is 2.03. The van der Waals surface area contributed by atoms with E-state index in [-0.39, 0.29) is 26.2 Å². The monoisotopic (exact) mass is 423 g/mol. The maximum atomic E-state index is 11.7. The summed E-state index contributed by atoms with van der Waals surface area (Å²) in [4.78, 5) is 46.0. The number of carbonyl (C=O) groups is 3. The van der Waals surface area contributed by atoms with Gasteiger partial charge in [0.1, 0.15) is 0 Å². The van der Waals surface area contributed by atoms with Gasteiger partial charge in [-0.1, -0.05) is 12.2 Å². The first-order valence-corrected chi connectivity index (χ1v) is 8.73. The van der Waals surface area contributed by atoms with Crippen LogP contribution in [0, 0.1) is 0 Å². The standard InChI is InChI=1S/C16H15N3O8.C2H6O/c20-8-3-1-5-11(21)25-14-17-15-19-16(18-14)27-13(23)7-10-24-9-4-2-6-12(22)26-15;1-2-3/h1-2,5-7,10,20H,3-4,8-9H2;3H,2H2,1H3. The van der Waals surface area contributed by atoms with Crippen molar-refractivity contribution in [2.75, 3.05) is 19.8 Å². The summed E-state index contributed by atoms with van der Waals surface area (Å²) in [6.07, 6.45) is 7.81. The summed E-state index contributed by atoms with van der Waals surface area (Å²) in [5.41, 5.74) is 0. The van der Waals surface area contributed by atoms with E-state index in [4.69, 9.17) is 29.2 Å². The average Bonchev–Trinajstić information content (AvgIpc) is 2.67. The highest BCUT2D eigenvalue weighted by molar-refractivity contribution is 5.84. The predicted octanol–water partition coefficient (Wildman–Crippen LogP) is 0.0152. The summed E-state index contributed by atoms with van der Waals surface area (Å²) < 4.78 is 19.6. The number of aliphatic hydroxyl groups is 2. The van der Waals surface area contributed by atoms with Crippen LogP contribution in [0.5, 0.6) is 18.0 Å². The number of hydrogen-bond donors (Lipinski definition) is 2. The maximum absolute atomic E-state index is 11.7. The van der Waals surface area contributed by atoms with E-state index < -0.39 is 35.9 Å². The third-order valence-corrected chi connectivity index (χ3v) is 2.66. The summed E-state index contributed by atoms with van der Waals surface area (Å²) >= 11 is 0. The van der Waals surface area contributed by atoms with E-state index in [0.29, 0.717) is 6.42 Å². The number of fused-ring (bicyclic) bond motifs is 2. The molecule has 0 atom stereocenters. The van der Waals surface area contributed by atoms with Crippen molar-refractivity contribution < 1.29 is 43.5 Å². The number of aliphatic hydroxyl groups excluding tert-OH is 2. The second-order valence-electron chi connectivity index (χ2n) is 5.04. The smallest absolute Gasteiger partial charge is 0.341 e. The lowest BCUT2D eigenvalue weighted by molar-refractivity contribution is -0.129. The molecule has 0 amide bonds. The molecule has 0 spiro atoms. The van der Waals surface area contributed by atoms with E-state index in [9.17, 15) is 14.4 Å². The van der Waals surface area contributed by atoms with Crippen LogP contribution in [0.2, 0.25) is 0 Å². The maximum Gasteiger partial charge on any atom is 0.341 e. The van der Waals surface area contributed by atoms with Crippen LogP contribution in [0.4, 0.5) is 0 Å². The number of esters is 3. The lowest BCUT2D eigenvalue weighted by Gasteiger charge is -2.06. The fraction of sp³-hybridized carbons (Fsp3) is 0.333. The quantitative estimate of drug-likeness (QED) is 0.492. The molecule has 0 aromatic carbocycles. The SMILES string of the molecule is CCO.O=C(C=CCCO)Oc1nc2nc(n1)OC(=O)C=COCCC=CC(=O)O2. The number of ether oxygens (including phenoxy) is 4.